The molecule has 1 atom stereocenters. The van der Waals surface area contributed by atoms with Crippen LogP contribution in [0.25, 0.3) is 10.9 Å². The highest BCUT2D eigenvalue weighted by Crippen LogP contribution is 2.68. The number of nitrogens with zero attached hydrogens (tertiary/aromatic N) is 4. The Morgan fingerprint density at radius 3 is 2.56 bits per heavy atom. The third-order valence-electron chi connectivity index (χ3n) is 11.1. The highest BCUT2D eigenvalue weighted by Gasteiger charge is 2.68. The van der Waals surface area contributed by atoms with Gasteiger partial charge in [0.05, 0.1) is 11.7 Å². The van der Waals surface area contributed by atoms with Crippen molar-refractivity contribution in [2.24, 2.45) is 7.05 Å². The summed E-state index contributed by atoms with van der Waals surface area (Å²) >= 11 is 0. The minimum atomic E-state index is -0.572. The first-order valence-corrected chi connectivity index (χ1v) is 16.1. The van der Waals surface area contributed by atoms with Crippen LogP contribution in [0.4, 0.5) is 5.69 Å². The molecule has 1 unspecified atom stereocenters. The largest absolute Gasteiger partial charge is 0.379 e. The van der Waals surface area contributed by atoms with E-state index in [0.717, 1.165) is 30.7 Å². The molecule has 45 heavy (non-hydrogen) atoms. The van der Waals surface area contributed by atoms with Crippen molar-refractivity contribution < 1.29 is 14.4 Å². The number of carbonyl (C=O) groups excluding carboxylic acids is 3. The summed E-state index contributed by atoms with van der Waals surface area (Å²) in [6.07, 6.45) is 6.16. The monoisotopic (exact) mass is 600 g/mol. The van der Waals surface area contributed by atoms with E-state index in [2.05, 4.69) is 75.2 Å². The van der Waals surface area contributed by atoms with Gasteiger partial charge in [0.1, 0.15) is 6.04 Å². The number of aromatic nitrogens is 2. The number of amides is 3. The standard InChI is InChI=1S/C36H36N6O3/c1-40-30-9-7-28(13-24(30)14-37-40)39-36-19-35(20-36,21-36)27-5-2-22(3-6-27)15-41-16-26(17-41)23-4-8-29-25(12-23)18-42(34(29)45)31-10-11-32(43)38-33(31)44/h2-9,12-14,26,31,39H,10-11,15-21H2,1H3,(H,38,43,44). The van der Waals surface area contributed by atoms with Crippen molar-refractivity contribution in [1.29, 1.82) is 0 Å². The zero-order chi connectivity index (χ0) is 30.5. The third-order valence-corrected chi connectivity index (χ3v) is 11.1. The lowest BCUT2D eigenvalue weighted by atomic mass is 9.37. The van der Waals surface area contributed by atoms with Crippen LogP contribution in [0.2, 0.25) is 0 Å². The van der Waals surface area contributed by atoms with E-state index in [9.17, 15) is 14.4 Å². The molecule has 0 spiro atoms. The minimum absolute atomic E-state index is 0.113. The van der Waals surface area contributed by atoms with E-state index in [1.54, 1.807) is 4.90 Å². The van der Waals surface area contributed by atoms with Crippen LogP contribution >= 0.6 is 0 Å². The van der Waals surface area contributed by atoms with Gasteiger partial charge in [0.25, 0.3) is 5.91 Å². The molecule has 2 bridgehead atoms. The van der Waals surface area contributed by atoms with Gasteiger partial charge >= 0.3 is 0 Å². The van der Waals surface area contributed by atoms with Crippen LogP contribution in [-0.4, -0.2) is 62.0 Å². The second-order valence-electron chi connectivity index (χ2n) is 14.2. The van der Waals surface area contributed by atoms with Crippen LogP contribution in [-0.2, 0) is 35.1 Å². The fraction of sp³-hybridized carbons (Fsp3) is 0.389. The van der Waals surface area contributed by atoms with Crippen LogP contribution in [0.3, 0.4) is 0 Å². The van der Waals surface area contributed by atoms with Gasteiger partial charge in [0.15, 0.2) is 0 Å². The molecule has 3 aromatic carbocycles. The molecule has 3 saturated carbocycles. The molecule has 9 heteroatoms. The Labute approximate surface area is 261 Å². The normalized spacial score (nSPS) is 27.5. The molecule has 2 N–H and O–H groups in total. The number of hydrogen-bond donors (Lipinski definition) is 2. The van der Waals surface area contributed by atoms with Crippen molar-refractivity contribution in [1.82, 2.24) is 24.9 Å². The Bertz CT molecular complexity index is 1890. The smallest absolute Gasteiger partial charge is 0.255 e. The Kier molecular flexibility index (Phi) is 5.67. The number of nitrogens with one attached hydrogen (secondary N) is 2. The summed E-state index contributed by atoms with van der Waals surface area (Å²) in [4.78, 5) is 41.1. The number of benzene rings is 3. The van der Waals surface area contributed by atoms with Crippen molar-refractivity contribution >= 4 is 34.3 Å². The summed E-state index contributed by atoms with van der Waals surface area (Å²) in [5, 5.41) is 11.8. The Balaban J connectivity index is 0.780. The Morgan fingerprint density at radius 1 is 0.978 bits per heavy atom. The number of rotatable bonds is 7. The third kappa shape index (κ3) is 4.24. The van der Waals surface area contributed by atoms with Gasteiger partial charge < -0.3 is 10.2 Å². The second kappa shape index (κ2) is 9.50. The summed E-state index contributed by atoms with van der Waals surface area (Å²) in [6, 6.07) is 21.4. The average Bonchev–Trinajstić information content (AvgIpc) is 3.50. The van der Waals surface area contributed by atoms with Gasteiger partial charge in [-0.2, -0.15) is 5.10 Å². The molecule has 1 aromatic heterocycles. The van der Waals surface area contributed by atoms with E-state index < -0.39 is 6.04 Å². The fourth-order valence-corrected chi connectivity index (χ4v) is 8.75. The van der Waals surface area contributed by atoms with Gasteiger partial charge in [-0.15, -0.1) is 0 Å². The van der Waals surface area contributed by atoms with Crippen molar-refractivity contribution in [3.63, 3.8) is 0 Å². The summed E-state index contributed by atoms with van der Waals surface area (Å²) in [7, 11) is 1.98. The van der Waals surface area contributed by atoms with E-state index in [1.165, 1.54) is 47.0 Å². The predicted molar refractivity (Wildman–Crippen MR) is 170 cm³/mol. The lowest BCUT2D eigenvalue weighted by molar-refractivity contribution is -0.136. The average molecular weight is 601 g/mol. The maximum Gasteiger partial charge on any atom is 0.255 e. The van der Waals surface area contributed by atoms with Gasteiger partial charge in [-0.3, -0.25) is 29.3 Å². The summed E-state index contributed by atoms with van der Waals surface area (Å²) in [5.41, 5.74) is 8.64. The molecule has 3 aliphatic carbocycles. The molecular weight excluding hydrogens is 564 g/mol. The quantitative estimate of drug-likeness (QED) is 0.308. The van der Waals surface area contributed by atoms with Gasteiger partial charge in [-0.25, -0.2) is 0 Å². The molecule has 0 radical (unpaired) electrons. The Morgan fingerprint density at radius 2 is 1.78 bits per heavy atom. The minimum Gasteiger partial charge on any atom is -0.379 e. The second-order valence-corrected chi connectivity index (χ2v) is 14.2. The lowest BCUT2D eigenvalue weighted by Crippen LogP contribution is -2.73. The zero-order valence-corrected chi connectivity index (χ0v) is 25.4. The maximum atomic E-state index is 13.0. The summed E-state index contributed by atoms with van der Waals surface area (Å²) in [6.45, 7) is 3.36. The molecule has 5 fully saturated rings. The number of aryl methyl sites for hydroxylation is 1. The first-order chi connectivity index (χ1) is 21.8. The molecule has 10 rings (SSSR count). The number of likely N-dealkylation sites (tertiary alicyclic amines) is 1. The molecule has 9 nitrogen and oxygen atoms in total. The van der Waals surface area contributed by atoms with E-state index in [0.29, 0.717) is 29.9 Å². The van der Waals surface area contributed by atoms with Crippen LogP contribution < -0.4 is 10.6 Å². The van der Waals surface area contributed by atoms with Gasteiger partial charge in [-0.1, -0.05) is 36.4 Å². The first kappa shape index (κ1) is 26.9. The molecule has 3 aliphatic heterocycles. The highest BCUT2D eigenvalue weighted by molar-refractivity contribution is 6.05. The number of imide groups is 1. The van der Waals surface area contributed by atoms with E-state index in [-0.39, 0.29) is 29.7 Å². The molecule has 4 heterocycles. The van der Waals surface area contributed by atoms with E-state index in [1.807, 2.05) is 24.0 Å². The molecule has 4 aromatic rings. The summed E-state index contributed by atoms with van der Waals surface area (Å²) in [5.74, 6) is -0.300. The number of fused-ring (bicyclic) bond motifs is 2. The SMILES string of the molecule is Cn1ncc2cc(NC34CC(c5ccc(CN6CC(c7ccc8c(c7)CN(C7CCC(=O)NC7=O)C8=O)C6)cc5)(C3)C4)ccc21. The van der Waals surface area contributed by atoms with Crippen LogP contribution in [0, 0.1) is 0 Å². The maximum absolute atomic E-state index is 13.0. The molecular formula is C36H36N6O3. The number of anilines is 1. The Hall–Kier alpha value is -4.50. The van der Waals surface area contributed by atoms with E-state index in [4.69, 9.17) is 0 Å². The van der Waals surface area contributed by atoms with Gasteiger partial charge in [0.2, 0.25) is 11.8 Å². The van der Waals surface area contributed by atoms with Gasteiger partial charge in [-0.05, 0) is 72.2 Å². The fourth-order valence-electron chi connectivity index (χ4n) is 8.75. The lowest BCUT2D eigenvalue weighted by Gasteiger charge is -2.71. The van der Waals surface area contributed by atoms with Crippen LogP contribution in [0.5, 0.6) is 0 Å². The highest BCUT2D eigenvalue weighted by atomic mass is 16.2. The number of piperidine rings is 1. The molecule has 228 valence electrons. The molecule has 6 aliphatic rings. The molecule has 3 amide bonds. The topological polar surface area (TPSA) is 99.6 Å². The number of carbonyl (C=O) groups is 3. The zero-order valence-electron chi connectivity index (χ0n) is 25.4. The predicted octanol–water partition coefficient (Wildman–Crippen LogP) is 4.22. The first-order valence-electron chi connectivity index (χ1n) is 16.1. The van der Waals surface area contributed by atoms with Crippen molar-refractivity contribution in [3.8, 4) is 0 Å². The van der Waals surface area contributed by atoms with Crippen LogP contribution in [0.15, 0.2) is 66.9 Å². The summed E-state index contributed by atoms with van der Waals surface area (Å²) < 4.78 is 1.92. The van der Waals surface area contributed by atoms with Crippen LogP contribution in [0.1, 0.15) is 70.6 Å². The van der Waals surface area contributed by atoms with Crippen molar-refractivity contribution in [2.75, 3.05) is 18.4 Å². The van der Waals surface area contributed by atoms with Gasteiger partial charge in [0, 0.05) is 73.2 Å². The molecule has 2 saturated heterocycles. The number of hydrogen-bond acceptors (Lipinski definition) is 6. The van der Waals surface area contributed by atoms with Crippen molar-refractivity contribution in [3.05, 3.63) is 94.7 Å². The van der Waals surface area contributed by atoms with Crippen molar-refractivity contribution in [2.45, 2.75) is 68.1 Å². The van der Waals surface area contributed by atoms with E-state index >= 15 is 0 Å².